The Balaban J connectivity index is 1.80. The van der Waals surface area contributed by atoms with E-state index in [0.717, 1.165) is 25.3 Å². The highest BCUT2D eigenvalue weighted by molar-refractivity contribution is 5.52. The predicted molar refractivity (Wildman–Crippen MR) is 106 cm³/mol. The molecular formula is C22H30N2O. The lowest BCUT2D eigenvalue weighted by Crippen LogP contribution is -2.46. The molecule has 0 aromatic heterocycles. The van der Waals surface area contributed by atoms with Gasteiger partial charge < -0.3 is 15.4 Å². The molecule has 134 valence electrons. The molecule has 25 heavy (non-hydrogen) atoms. The van der Waals surface area contributed by atoms with Crippen molar-refractivity contribution in [1.82, 2.24) is 0 Å². The van der Waals surface area contributed by atoms with Crippen LogP contribution in [0.15, 0.2) is 48.5 Å². The summed E-state index contributed by atoms with van der Waals surface area (Å²) in [5, 5.41) is 0. The SMILES string of the molecule is COc1cccc(N2CC(N)CC(c3ccc(C(C)(C)C)cc3)C2)c1. The van der Waals surface area contributed by atoms with E-state index in [9.17, 15) is 0 Å². The number of ether oxygens (including phenoxy) is 1. The van der Waals surface area contributed by atoms with Gasteiger partial charge in [-0.15, -0.1) is 0 Å². The first-order valence-corrected chi connectivity index (χ1v) is 9.12. The summed E-state index contributed by atoms with van der Waals surface area (Å²) in [6.45, 7) is 8.65. The van der Waals surface area contributed by atoms with Crippen LogP contribution in [-0.2, 0) is 5.41 Å². The van der Waals surface area contributed by atoms with Gasteiger partial charge in [-0.05, 0) is 35.1 Å². The average Bonchev–Trinajstić information content (AvgIpc) is 2.60. The normalized spacial score (nSPS) is 21.2. The molecule has 2 N–H and O–H groups in total. The second-order valence-corrected chi connectivity index (χ2v) is 8.17. The highest BCUT2D eigenvalue weighted by Crippen LogP contribution is 2.32. The van der Waals surface area contributed by atoms with E-state index >= 15 is 0 Å². The second-order valence-electron chi connectivity index (χ2n) is 8.17. The van der Waals surface area contributed by atoms with E-state index in [1.807, 2.05) is 12.1 Å². The van der Waals surface area contributed by atoms with E-state index in [0.29, 0.717) is 5.92 Å². The molecule has 2 aromatic rings. The zero-order valence-electron chi connectivity index (χ0n) is 15.8. The summed E-state index contributed by atoms with van der Waals surface area (Å²) < 4.78 is 5.37. The molecule has 2 atom stereocenters. The van der Waals surface area contributed by atoms with E-state index in [4.69, 9.17) is 10.5 Å². The number of benzene rings is 2. The predicted octanol–water partition coefficient (Wildman–Crippen LogP) is 4.31. The largest absolute Gasteiger partial charge is 0.497 e. The van der Waals surface area contributed by atoms with Gasteiger partial charge >= 0.3 is 0 Å². The number of hydrogen-bond acceptors (Lipinski definition) is 3. The molecule has 1 heterocycles. The van der Waals surface area contributed by atoms with Crippen LogP contribution >= 0.6 is 0 Å². The lowest BCUT2D eigenvalue weighted by atomic mass is 9.83. The van der Waals surface area contributed by atoms with Gasteiger partial charge in [0.25, 0.3) is 0 Å². The molecule has 2 unspecified atom stereocenters. The van der Waals surface area contributed by atoms with Gasteiger partial charge in [0.15, 0.2) is 0 Å². The highest BCUT2D eigenvalue weighted by atomic mass is 16.5. The molecule has 3 nitrogen and oxygen atoms in total. The maximum atomic E-state index is 6.39. The van der Waals surface area contributed by atoms with E-state index in [1.165, 1.54) is 16.8 Å². The summed E-state index contributed by atoms with van der Waals surface area (Å²) in [6.07, 6.45) is 1.04. The van der Waals surface area contributed by atoms with Crippen molar-refractivity contribution < 1.29 is 4.74 Å². The molecule has 1 saturated heterocycles. The first-order chi connectivity index (χ1) is 11.9. The molecule has 1 aliphatic rings. The van der Waals surface area contributed by atoms with E-state index in [2.05, 4.69) is 62.1 Å². The van der Waals surface area contributed by atoms with Crippen LogP contribution in [0.3, 0.4) is 0 Å². The Morgan fingerprint density at radius 3 is 2.40 bits per heavy atom. The molecule has 2 aromatic carbocycles. The minimum absolute atomic E-state index is 0.187. The number of nitrogens with two attached hydrogens (primary N) is 1. The van der Waals surface area contributed by atoms with Gasteiger partial charge in [0, 0.05) is 36.8 Å². The van der Waals surface area contributed by atoms with Gasteiger partial charge in [0.1, 0.15) is 5.75 Å². The third-order valence-electron chi connectivity index (χ3n) is 5.15. The monoisotopic (exact) mass is 338 g/mol. The van der Waals surface area contributed by atoms with Crippen LogP contribution in [-0.4, -0.2) is 26.2 Å². The molecular weight excluding hydrogens is 308 g/mol. The molecule has 0 spiro atoms. The maximum Gasteiger partial charge on any atom is 0.120 e. The molecule has 1 fully saturated rings. The zero-order valence-corrected chi connectivity index (χ0v) is 15.8. The Morgan fingerprint density at radius 2 is 1.76 bits per heavy atom. The van der Waals surface area contributed by atoms with Crippen molar-refractivity contribution >= 4 is 5.69 Å². The van der Waals surface area contributed by atoms with Gasteiger partial charge in [-0.1, -0.05) is 51.1 Å². The molecule has 0 radical (unpaired) electrons. The van der Waals surface area contributed by atoms with Crippen molar-refractivity contribution in [1.29, 1.82) is 0 Å². The fraction of sp³-hybridized carbons (Fsp3) is 0.455. The average molecular weight is 338 g/mol. The standard InChI is InChI=1S/C22H30N2O/c1-22(2,3)18-10-8-16(9-11-18)17-12-19(23)15-24(14-17)20-6-5-7-21(13-20)25-4/h5-11,13,17,19H,12,14-15,23H2,1-4H3. The van der Waals surface area contributed by atoms with Crippen molar-refractivity contribution in [3.63, 3.8) is 0 Å². The Morgan fingerprint density at radius 1 is 1.04 bits per heavy atom. The van der Waals surface area contributed by atoms with E-state index in [-0.39, 0.29) is 11.5 Å². The summed E-state index contributed by atoms with van der Waals surface area (Å²) in [5.41, 5.74) is 10.5. The third-order valence-corrected chi connectivity index (χ3v) is 5.15. The summed E-state index contributed by atoms with van der Waals surface area (Å²) >= 11 is 0. The van der Waals surface area contributed by atoms with Crippen LogP contribution < -0.4 is 15.4 Å². The smallest absolute Gasteiger partial charge is 0.120 e. The highest BCUT2D eigenvalue weighted by Gasteiger charge is 2.27. The minimum Gasteiger partial charge on any atom is -0.497 e. The van der Waals surface area contributed by atoms with Crippen molar-refractivity contribution in [3.8, 4) is 5.75 Å². The van der Waals surface area contributed by atoms with Crippen LogP contribution in [0.25, 0.3) is 0 Å². The van der Waals surface area contributed by atoms with Gasteiger partial charge in [-0.3, -0.25) is 0 Å². The van der Waals surface area contributed by atoms with Gasteiger partial charge in [-0.25, -0.2) is 0 Å². The van der Waals surface area contributed by atoms with Crippen molar-refractivity contribution in [2.45, 2.75) is 44.6 Å². The summed E-state index contributed by atoms with van der Waals surface area (Å²) in [6, 6.07) is 17.6. The molecule has 0 aliphatic carbocycles. The molecule has 0 saturated carbocycles. The van der Waals surface area contributed by atoms with Gasteiger partial charge in [0.05, 0.1) is 7.11 Å². The number of piperidine rings is 1. The van der Waals surface area contributed by atoms with Crippen LogP contribution in [0.1, 0.15) is 44.2 Å². The number of anilines is 1. The lowest BCUT2D eigenvalue weighted by Gasteiger charge is -2.38. The summed E-state index contributed by atoms with van der Waals surface area (Å²) in [4.78, 5) is 2.39. The fourth-order valence-electron chi connectivity index (χ4n) is 3.65. The van der Waals surface area contributed by atoms with Crippen molar-refractivity contribution in [3.05, 3.63) is 59.7 Å². The molecule has 3 heteroatoms. The topological polar surface area (TPSA) is 38.5 Å². The Labute approximate surface area is 151 Å². The zero-order chi connectivity index (χ0) is 18.0. The summed E-state index contributed by atoms with van der Waals surface area (Å²) in [7, 11) is 1.71. The van der Waals surface area contributed by atoms with Crippen molar-refractivity contribution in [2.75, 3.05) is 25.1 Å². The number of nitrogens with zero attached hydrogens (tertiary/aromatic N) is 1. The molecule has 0 amide bonds. The lowest BCUT2D eigenvalue weighted by molar-refractivity contribution is 0.413. The molecule has 3 rings (SSSR count). The first kappa shape index (κ1) is 17.8. The number of hydrogen-bond donors (Lipinski definition) is 1. The maximum absolute atomic E-state index is 6.39. The van der Waals surface area contributed by atoms with Gasteiger partial charge in [0.2, 0.25) is 0 Å². The van der Waals surface area contributed by atoms with E-state index in [1.54, 1.807) is 7.11 Å². The number of rotatable bonds is 3. The van der Waals surface area contributed by atoms with E-state index < -0.39 is 0 Å². The van der Waals surface area contributed by atoms with Crippen LogP contribution in [0.5, 0.6) is 5.75 Å². The Hall–Kier alpha value is -2.00. The van der Waals surface area contributed by atoms with Crippen LogP contribution in [0.4, 0.5) is 5.69 Å². The third kappa shape index (κ3) is 4.16. The quantitative estimate of drug-likeness (QED) is 0.906. The Kier molecular flexibility index (Phi) is 5.05. The molecule has 0 bridgehead atoms. The van der Waals surface area contributed by atoms with Gasteiger partial charge in [-0.2, -0.15) is 0 Å². The summed E-state index contributed by atoms with van der Waals surface area (Å²) in [5.74, 6) is 1.35. The van der Waals surface area contributed by atoms with Crippen molar-refractivity contribution in [2.24, 2.45) is 5.73 Å². The fourth-order valence-corrected chi connectivity index (χ4v) is 3.65. The van der Waals surface area contributed by atoms with Crippen LogP contribution in [0, 0.1) is 0 Å². The molecule has 1 aliphatic heterocycles. The number of methoxy groups -OCH3 is 1. The van der Waals surface area contributed by atoms with Crippen LogP contribution in [0.2, 0.25) is 0 Å². The minimum atomic E-state index is 0.187. The first-order valence-electron chi connectivity index (χ1n) is 9.12. The Bertz CT molecular complexity index is 703. The second kappa shape index (κ2) is 7.09.